The fourth-order valence-corrected chi connectivity index (χ4v) is 6.98. The Morgan fingerprint density at radius 2 is 1.83 bits per heavy atom. The second-order valence-electron chi connectivity index (χ2n) is 11.4. The number of hydrogen-bond donors (Lipinski definition) is 2. The molecule has 1 atom stereocenters. The number of carbonyl (C=O) groups excluding carboxylic acids is 2. The smallest absolute Gasteiger partial charge is 0.399 e. The third kappa shape index (κ3) is 6.24. The van der Waals surface area contributed by atoms with Crippen molar-refractivity contribution in [2.24, 2.45) is 7.05 Å². The van der Waals surface area contributed by atoms with Crippen LogP contribution >= 0.6 is 11.3 Å². The summed E-state index contributed by atoms with van der Waals surface area (Å²) in [5, 5.41) is 5.55. The van der Waals surface area contributed by atoms with Crippen LogP contribution in [0.4, 0.5) is 30.8 Å². The van der Waals surface area contributed by atoms with Crippen molar-refractivity contribution in [1.82, 2.24) is 19.4 Å². The number of rotatable bonds is 7. The van der Waals surface area contributed by atoms with Gasteiger partial charge in [0.05, 0.1) is 5.69 Å². The normalized spacial score (nSPS) is 16.7. The van der Waals surface area contributed by atoms with Crippen LogP contribution in [0.3, 0.4) is 0 Å². The number of piperazine rings is 1. The molecule has 0 spiro atoms. The number of anilines is 3. The maximum atomic E-state index is 15.7. The van der Waals surface area contributed by atoms with E-state index in [2.05, 4.69) is 20.5 Å². The molecule has 0 radical (unpaired) electrons. The number of benzene rings is 2. The van der Waals surface area contributed by atoms with Gasteiger partial charge in [-0.15, -0.1) is 11.3 Å². The Morgan fingerprint density at radius 1 is 1.07 bits per heavy atom. The standard InChI is InChI=1S/C33H34F2N6O4S/c1-4-41-16-15-39(2)31(42)29(41)19-9-11-21(12-10-19)36-30-32(43)40(3)18-24(37-30)22-13-14-23(34)28(27(22)35)38-33(44)45-26-17-20-7-5-6-8-25(20)46-26/h9-14,17-18,29H,4-8,15-16H2,1-3H3,(H,36,37)(H,38,44). The summed E-state index contributed by atoms with van der Waals surface area (Å²) in [6.45, 7) is 4.18. The van der Waals surface area contributed by atoms with Gasteiger partial charge >= 0.3 is 6.09 Å². The van der Waals surface area contributed by atoms with Crippen molar-refractivity contribution in [3.63, 3.8) is 0 Å². The van der Waals surface area contributed by atoms with E-state index in [-0.39, 0.29) is 23.0 Å². The van der Waals surface area contributed by atoms with Gasteiger partial charge in [-0.25, -0.2) is 18.6 Å². The molecule has 1 unspecified atom stereocenters. The maximum absolute atomic E-state index is 15.7. The summed E-state index contributed by atoms with van der Waals surface area (Å²) in [5.41, 5.74) is 1.24. The molecular formula is C33H34F2N6O4S. The molecule has 0 saturated carbocycles. The molecule has 2 amide bonds. The largest absolute Gasteiger partial charge is 0.418 e. The van der Waals surface area contributed by atoms with E-state index >= 15 is 4.39 Å². The summed E-state index contributed by atoms with van der Waals surface area (Å²) in [5.74, 6) is -2.12. The summed E-state index contributed by atoms with van der Waals surface area (Å²) in [4.78, 5) is 47.9. The zero-order valence-corrected chi connectivity index (χ0v) is 26.5. The van der Waals surface area contributed by atoms with Crippen molar-refractivity contribution in [2.75, 3.05) is 37.3 Å². The van der Waals surface area contributed by atoms with Gasteiger partial charge < -0.3 is 19.5 Å². The second kappa shape index (κ2) is 13.0. The lowest BCUT2D eigenvalue weighted by Crippen LogP contribution is -2.50. The average Bonchev–Trinajstić information content (AvgIpc) is 3.45. The van der Waals surface area contributed by atoms with E-state index in [1.54, 1.807) is 30.1 Å². The first kappa shape index (κ1) is 31.4. The first-order chi connectivity index (χ1) is 22.1. The Hall–Kier alpha value is -4.62. The number of amides is 2. The van der Waals surface area contributed by atoms with Crippen molar-refractivity contribution in [3.8, 4) is 16.3 Å². The number of nitrogens with one attached hydrogen (secondary N) is 2. The molecule has 2 aliphatic rings. The number of likely N-dealkylation sites (N-methyl/N-ethyl adjacent to an activating group) is 2. The lowest BCUT2D eigenvalue weighted by atomic mass is 10.00. The van der Waals surface area contributed by atoms with Crippen LogP contribution in [0.5, 0.6) is 5.06 Å². The number of thiophene rings is 1. The highest BCUT2D eigenvalue weighted by atomic mass is 32.1. The van der Waals surface area contributed by atoms with Crippen LogP contribution in [-0.2, 0) is 24.7 Å². The van der Waals surface area contributed by atoms with Crippen molar-refractivity contribution in [3.05, 3.63) is 86.7 Å². The van der Waals surface area contributed by atoms with E-state index in [0.29, 0.717) is 17.3 Å². The number of fused-ring (bicyclic) bond motifs is 1. The molecule has 3 heterocycles. The van der Waals surface area contributed by atoms with E-state index in [4.69, 9.17) is 4.74 Å². The Morgan fingerprint density at radius 3 is 2.57 bits per heavy atom. The third-order valence-corrected chi connectivity index (χ3v) is 9.54. The van der Waals surface area contributed by atoms with Crippen LogP contribution < -0.4 is 20.9 Å². The number of aryl methyl sites for hydroxylation is 3. The van der Waals surface area contributed by atoms with Gasteiger partial charge in [0.1, 0.15) is 17.5 Å². The van der Waals surface area contributed by atoms with Crippen molar-refractivity contribution >= 4 is 40.5 Å². The highest BCUT2D eigenvalue weighted by molar-refractivity contribution is 7.14. The molecule has 4 aromatic rings. The topological polar surface area (TPSA) is 109 Å². The van der Waals surface area contributed by atoms with Gasteiger partial charge in [0, 0.05) is 49.5 Å². The third-order valence-electron chi connectivity index (χ3n) is 8.43. The van der Waals surface area contributed by atoms with Gasteiger partial charge in [0.25, 0.3) is 5.56 Å². The van der Waals surface area contributed by atoms with E-state index in [9.17, 15) is 18.8 Å². The van der Waals surface area contributed by atoms with Gasteiger partial charge in [0.2, 0.25) is 5.91 Å². The zero-order chi connectivity index (χ0) is 32.5. The van der Waals surface area contributed by atoms with E-state index in [1.165, 1.54) is 35.2 Å². The van der Waals surface area contributed by atoms with Crippen LogP contribution in [0, 0.1) is 11.6 Å². The molecular weight excluding hydrogens is 614 g/mol. The number of carbonyl (C=O) groups is 2. The van der Waals surface area contributed by atoms with Crippen LogP contribution in [0.1, 0.15) is 41.8 Å². The number of halogens is 2. The monoisotopic (exact) mass is 648 g/mol. The van der Waals surface area contributed by atoms with E-state index in [0.717, 1.165) is 60.8 Å². The summed E-state index contributed by atoms with van der Waals surface area (Å²) in [7, 11) is 3.28. The molecule has 1 aliphatic heterocycles. The van der Waals surface area contributed by atoms with Crippen molar-refractivity contribution in [1.29, 1.82) is 0 Å². The molecule has 13 heteroatoms. The predicted molar refractivity (Wildman–Crippen MR) is 173 cm³/mol. The number of hydrogen-bond acceptors (Lipinski definition) is 8. The quantitative estimate of drug-likeness (QED) is 0.259. The second-order valence-corrected chi connectivity index (χ2v) is 12.5. The summed E-state index contributed by atoms with van der Waals surface area (Å²) < 4.78 is 37.1. The number of aromatic nitrogens is 2. The molecule has 1 fully saturated rings. The minimum atomic E-state index is -1.06. The molecule has 1 aliphatic carbocycles. The fourth-order valence-electron chi connectivity index (χ4n) is 5.88. The predicted octanol–water partition coefficient (Wildman–Crippen LogP) is 5.86. The molecule has 10 nitrogen and oxygen atoms in total. The zero-order valence-electron chi connectivity index (χ0n) is 25.7. The molecule has 2 N–H and O–H groups in total. The van der Waals surface area contributed by atoms with Crippen LogP contribution in [0.25, 0.3) is 11.3 Å². The highest BCUT2D eigenvalue weighted by Crippen LogP contribution is 2.35. The number of ether oxygens (including phenoxy) is 1. The average molecular weight is 649 g/mol. The lowest BCUT2D eigenvalue weighted by Gasteiger charge is -2.38. The summed E-state index contributed by atoms with van der Waals surface area (Å²) in [6.07, 6.45) is 4.28. The van der Waals surface area contributed by atoms with Gasteiger partial charge in [-0.05, 0) is 73.7 Å². The minimum absolute atomic E-state index is 0.0192. The molecule has 2 aromatic carbocycles. The SMILES string of the molecule is CCN1CCN(C)C(=O)C1c1ccc(Nc2nc(-c3ccc(F)c(NC(=O)Oc4cc5c(s4)CCCC5)c3F)cn(C)c2=O)cc1. The Kier molecular flexibility index (Phi) is 8.87. The first-order valence-electron chi connectivity index (χ1n) is 15.2. The maximum Gasteiger partial charge on any atom is 0.418 e. The van der Waals surface area contributed by atoms with Crippen LogP contribution in [0.15, 0.2) is 53.5 Å². The summed E-state index contributed by atoms with van der Waals surface area (Å²) >= 11 is 1.36. The Bertz CT molecular complexity index is 1830. The van der Waals surface area contributed by atoms with E-state index in [1.807, 2.05) is 19.1 Å². The van der Waals surface area contributed by atoms with Crippen LogP contribution in [0.2, 0.25) is 0 Å². The van der Waals surface area contributed by atoms with Crippen molar-refractivity contribution < 1.29 is 23.1 Å². The molecule has 0 bridgehead atoms. The Labute approximate surface area is 268 Å². The van der Waals surface area contributed by atoms with Gasteiger partial charge in [0.15, 0.2) is 16.7 Å². The molecule has 46 heavy (non-hydrogen) atoms. The molecule has 2 aromatic heterocycles. The summed E-state index contributed by atoms with van der Waals surface area (Å²) in [6, 6.07) is 10.7. The molecule has 1 saturated heterocycles. The number of nitrogens with zero attached hydrogens (tertiary/aromatic N) is 4. The van der Waals surface area contributed by atoms with Gasteiger partial charge in [-0.3, -0.25) is 19.8 Å². The van der Waals surface area contributed by atoms with Gasteiger partial charge in [-0.2, -0.15) is 0 Å². The fraction of sp³-hybridized carbons (Fsp3) is 0.333. The molecule has 6 rings (SSSR count). The highest BCUT2D eigenvalue weighted by Gasteiger charge is 2.33. The van der Waals surface area contributed by atoms with Crippen LogP contribution in [-0.4, -0.2) is 58.0 Å². The first-order valence-corrected chi connectivity index (χ1v) is 16.0. The molecule has 240 valence electrons. The van der Waals surface area contributed by atoms with Gasteiger partial charge in [-0.1, -0.05) is 19.1 Å². The Balaban J connectivity index is 1.22. The lowest BCUT2D eigenvalue weighted by molar-refractivity contribution is -0.140. The van der Waals surface area contributed by atoms with Crippen molar-refractivity contribution in [2.45, 2.75) is 38.6 Å². The van der Waals surface area contributed by atoms with E-state index < -0.39 is 35.0 Å². The minimum Gasteiger partial charge on any atom is -0.399 e.